The molecule has 1 aromatic rings. The maximum absolute atomic E-state index is 13.5. The number of hydrogen-bond donors (Lipinski definition) is 2. The molecule has 0 fully saturated rings. The van der Waals surface area contributed by atoms with Gasteiger partial charge in [0, 0.05) is 6.07 Å². The third kappa shape index (κ3) is 4.06. The Hall–Kier alpha value is -2.97. The minimum atomic E-state index is -1.08. The summed E-state index contributed by atoms with van der Waals surface area (Å²) in [6, 6.07) is 1.82. The monoisotopic (exact) mass is 340 g/mol. The number of rotatable bonds is 5. The van der Waals surface area contributed by atoms with Gasteiger partial charge in [-0.2, -0.15) is 0 Å². The van der Waals surface area contributed by atoms with E-state index in [-0.39, 0.29) is 24.4 Å². The number of ether oxygens (including phenoxy) is 2. The highest BCUT2D eigenvalue weighted by Gasteiger charge is 2.25. The van der Waals surface area contributed by atoms with Crippen LogP contribution in [0.5, 0.6) is 0 Å². The Morgan fingerprint density at radius 2 is 1.96 bits per heavy atom. The van der Waals surface area contributed by atoms with Gasteiger partial charge in [-0.15, -0.1) is 0 Å². The normalized spacial score (nSPS) is 13.9. The molecule has 9 heteroatoms. The second-order valence-corrected chi connectivity index (χ2v) is 4.69. The van der Waals surface area contributed by atoms with Gasteiger partial charge in [0.15, 0.2) is 0 Å². The molecule has 0 radical (unpaired) electrons. The standard InChI is InChI=1S/C15H14F2N2O5/c1-2-23-14(21)10-6-18-15(22)19-12(10)7-24-13(20)9-4-3-8(16)5-11(9)17/h3-5H,2,6-7H2,1H3,(H2,18,19,22). The molecule has 1 aromatic carbocycles. The number of nitrogens with one attached hydrogen (secondary N) is 2. The maximum atomic E-state index is 13.5. The first-order valence-electron chi connectivity index (χ1n) is 6.98. The average molecular weight is 340 g/mol. The summed E-state index contributed by atoms with van der Waals surface area (Å²) in [5, 5.41) is 4.72. The smallest absolute Gasteiger partial charge is 0.341 e. The van der Waals surface area contributed by atoms with Crippen molar-refractivity contribution in [2.24, 2.45) is 0 Å². The van der Waals surface area contributed by atoms with Crippen molar-refractivity contribution in [3.63, 3.8) is 0 Å². The number of halogens is 2. The van der Waals surface area contributed by atoms with Gasteiger partial charge in [0.1, 0.15) is 18.2 Å². The molecular weight excluding hydrogens is 326 g/mol. The number of amides is 2. The molecule has 0 unspecified atom stereocenters. The van der Waals surface area contributed by atoms with Crippen LogP contribution in [0.4, 0.5) is 13.6 Å². The molecule has 24 heavy (non-hydrogen) atoms. The molecular formula is C15H14F2N2O5. The Labute approximate surface area is 135 Å². The number of urea groups is 1. The van der Waals surface area contributed by atoms with Crippen molar-refractivity contribution in [2.45, 2.75) is 6.92 Å². The Morgan fingerprint density at radius 3 is 2.62 bits per heavy atom. The minimum Gasteiger partial charge on any atom is -0.463 e. The highest BCUT2D eigenvalue weighted by molar-refractivity contribution is 5.94. The van der Waals surface area contributed by atoms with E-state index >= 15 is 0 Å². The molecule has 0 saturated heterocycles. The minimum absolute atomic E-state index is 0.0352. The Balaban J connectivity index is 2.13. The fourth-order valence-electron chi connectivity index (χ4n) is 1.94. The Kier molecular flexibility index (Phi) is 5.46. The van der Waals surface area contributed by atoms with E-state index in [2.05, 4.69) is 10.6 Å². The number of carbonyl (C=O) groups is 3. The fourth-order valence-corrected chi connectivity index (χ4v) is 1.94. The van der Waals surface area contributed by atoms with Gasteiger partial charge in [-0.1, -0.05) is 0 Å². The molecule has 2 amide bonds. The van der Waals surface area contributed by atoms with E-state index in [0.29, 0.717) is 6.07 Å². The predicted octanol–water partition coefficient (Wildman–Crippen LogP) is 1.25. The third-order valence-corrected chi connectivity index (χ3v) is 3.07. The van der Waals surface area contributed by atoms with Crippen LogP contribution in [0.25, 0.3) is 0 Å². The molecule has 1 heterocycles. The summed E-state index contributed by atoms with van der Waals surface area (Å²) in [6.45, 7) is 1.17. The molecule has 0 aliphatic carbocycles. The molecule has 0 bridgehead atoms. The molecule has 0 spiro atoms. The average Bonchev–Trinajstić information content (AvgIpc) is 2.52. The van der Waals surface area contributed by atoms with Crippen molar-refractivity contribution in [1.82, 2.24) is 10.6 Å². The fraction of sp³-hybridized carbons (Fsp3) is 0.267. The van der Waals surface area contributed by atoms with Gasteiger partial charge in [-0.25, -0.2) is 23.2 Å². The Bertz CT molecular complexity index is 718. The second-order valence-electron chi connectivity index (χ2n) is 4.69. The second kappa shape index (κ2) is 7.53. The lowest BCUT2D eigenvalue weighted by Crippen LogP contribution is -2.45. The SMILES string of the molecule is CCOC(=O)C1=C(COC(=O)c2ccc(F)cc2F)NC(=O)NC1. The molecule has 128 valence electrons. The molecule has 2 rings (SSSR count). The van der Waals surface area contributed by atoms with Crippen molar-refractivity contribution in [3.05, 3.63) is 46.7 Å². The summed E-state index contributed by atoms with van der Waals surface area (Å²) in [5.74, 6) is -3.64. The van der Waals surface area contributed by atoms with Crippen LogP contribution in [0.15, 0.2) is 29.5 Å². The highest BCUT2D eigenvalue weighted by Crippen LogP contribution is 2.13. The summed E-state index contributed by atoms with van der Waals surface area (Å²) in [6.07, 6.45) is 0. The van der Waals surface area contributed by atoms with Crippen LogP contribution in [-0.4, -0.2) is 37.7 Å². The van der Waals surface area contributed by atoms with Crippen LogP contribution in [-0.2, 0) is 14.3 Å². The summed E-state index contributed by atoms with van der Waals surface area (Å²) in [5.41, 5.74) is -0.341. The van der Waals surface area contributed by atoms with Crippen molar-refractivity contribution in [3.8, 4) is 0 Å². The molecule has 1 aliphatic heterocycles. The van der Waals surface area contributed by atoms with Crippen LogP contribution in [0.3, 0.4) is 0 Å². The van der Waals surface area contributed by atoms with Gasteiger partial charge in [0.05, 0.1) is 30.0 Å². The summed E-state index contributed by atoms with van der Waals surface area (Å²) >= 11 is 0. The summed E-state index contributed by atoms with van der Waals surface area (Å²) in [7, 11) is 0. The molecule has 0 saturated carbocycles. The zero-order chi connectivity index (χ0) is 17.7. The zero-order valence-electron chi connectivity index (χ0n) is 12.7. The van der Waals surface area contributed by atoms with E-state index < -0.39 is 41.8 Å². The topological polar surface area (TPSA) is 93.7 Å². The maximum Gasteiger partial charge on any atom is 0.341 e. The van der Waals surface area contributed by atoms with Gasteiger partial charge < -0.3 is 20.1 Å². The van der Waals surface area contributed by atoms with E-state index in [1.165, 1.54) is 0 Å². The summed E-state index contributed by atoms with van der Waals surface area (Å²) in [4.78, 5) is 35.0. The third-order valence-electron chi connectivity index (χ3n) is 3.07. The first kappa shape index (κ1) is 17.4. The lowest BCUT2D eigenvalue weighted by atomic mass is 10.1. The van der Waals surface area contributed by atoms with Gasteiger partial charge >= 0.3 is 18.0 Å². The van der Waals surface area contributed by atoms with E-state index in [1.807, 2.05) is 0 Å². The molecule has 2 N–H and O–H groups in total. The lowest BCUT2D eigenvalue weighted by molar-refractivity contribution is -0.138. The molecule has 1 aliphatic rings. The van der Waals surface area contributed by atoms with E-state index in [4.69, 9.17) is 9.47 Å². The number of carbonyl (C=O) groups excluding carboxylic acids is 3. The number of hydrogen-bond acceptors (Lipinski definition) is 5. The van der Waals surface area contributed by atoms with Gasteiger partial charge in [-0.05, 0) is 19.1 Å². The largest absolute Gasteiger partial charge is 0.463 e. The predicted molar refractivity (Wildman–Crippen MR) is 76.8 cm³/mol. The van der Waals surface area contributed by atoms with Crippen LogP contribution >= 0.6 is 0 Å². The van der Waals surface area contributed by atoms with Crippen LogP contribution in [0.1, 0.15) is 17.3 Å². The first-order valence-corrected chi connectivity index (χ1v) is 6.98. The van der Waals surface area contributed by atoms with Crippen LogP contribution in [0, 0.1) is 11.6 Å². The van der Waals surface area contributed by atoms with Crippen molar-refractivity contribution >= 4 is 18.0 Å². The van der Waals surface area contributed by atoms with Crippen LogP contribution in [0.2, 0.25) is 0 Å². The zero-order valence-corrected chi connectivity index (χ0v) is 12.7. The Morgan fingerprint density at radius 1 is 1.21 bits per heavy atom. The molecule has 7 nitrogen and oxygen atoms in total. The molecule has 0 aromatic heterocycles. The number of esters is 2. The lowest BCUT2D eigenvalue weighted by Gasteiger charge is -2.21. The first-order chi connectivity index (χ1) is 11.4. The van der Waals surface area contributed by atoms with Crippen LogP contribution < -0.4 is 10.6 Å². The van der Waals surface area contributed by atoms with Crippen molar-refractivity contribution in [2.75, 3.05) is 19.8 Å². The molecule has 0 atom stereocenters. The van der Waals surface area contributed by atoms with Crippen molar-refractivity contribution in [1.29, 1.82) is 0 Å². The van der Waals surface area contributed by atoms with E-state index in [0.717, 1.165) is 12.1 Å². The van der Waals surface area contributed by atoms with Gasteiger partial charge in [0.2, 0.25) is 0 Å². The summed E-state index contributed by atoms with van der Waals surface area (Å²) < 4.78 is 36.1. The van der Waals surface area contributed by atoms with Crippen molar-refractivity contribution < 1.29 is 32.6 Å². The number of benzene rings is 1. The highest BCUT2D eigenvalue weighted by atomic mass is 19.1. The van der Waals surface area contributed by atoms with Gasteiger partial charge in [0.25, 0.3) is 0 Å². The van der Waals surface area contributed by atoms with E-state index in [9.17, 15) is 23.2 Å². The quantitative estimate of drug-likeness (QED) is 0.787. The van der Waals surface area contributed by atoms with Gasteiger partial charge in [-0.3, -0.25) is 0 Å². The van der Waals surface area contributed by atoms with E-state index in [1.54, 1.807) is 6.92 Å².